The molecule has 0 saturated carbocycles. The summed E-state index contributed by atoms with van der Waals surface area (Å²) in [5.41, 5.74) is 1.05. The zero-order valence-electron chi connectivity index (χ0n) is 12.8. The van der Waals surface area contributed by atoms with Gasteiger partial charge in [-0.25, -0.2) is 8.42 Å². The van der Waals surface area contributed by atoms with Crippen LogP contribution in [0.15, 0.2) is 18.2 Å². The molecule has 0 amide bonds. The Morgan fingerprint density at radius 3 is 2.43 bits per heavy atom. The van der Waals surface area contributed by atoms with Gasteiger partial charge in [-0.05, 0) is 25.8 Å². The third-order valence-corrected chi connectivity index (χ3v) is 5.66. The zero-order valence-corrected chi connectivity index (χ0v) is 13.6. The van der Waals surface area contributed by atoms with Crippen LogP contribution in [0.25, 0.3) is 0 Å². The van der Waals surface area contributed by atoms with Crippen molar-refractivity contribution in [2.24, 2.45) is 0 Å². The second-order valence-corrected chi connectivity index (χ2v) is 7.73. The molecule has 1 saturated heterocycles. The first-order valence-corrected chi connectivity index (χ1v) is 8.95. The normalized spacial score (nSPS) is 20.0. The van der Waals surface area contributed by atoms with Gasteiger partial charge in [0.05, 0.1) is 25.7 Å². The minimum Gasteiger partial charge on any atom is -0.497 e. The number of sulfone groups is 1. The van der Waals surface area contributed by atoms with Crippen molar-refractivity contribution in [3.8, 4) is 11.5 Å². The zero-order chi connectivity index (χ0) is 15.5. The maximum atomic E-state index is 11.5. The lowest BCUT2D eigenvalue weighted by molar-refractivity contribution is 0.375. The SMILES string of the molecule is COc1ccc(C(C)NC2CCS(=O)(=O)CC2)c(OC)c1. The van der Waals surface area contributed by atoms with Crippen molar-refractivity contribution in [1.29, 1.82) is 0 Å². The third kappa shape index (κ3) is 4.11. The van der Waals surface area contributed by atoms with Gasteiger partial charge in [0.2, 0.25) is 0 Å². The first-order chi connectivity index (χ1) is 9.95. The number of benzene rings is 1. The Morgan fingerprint density at radius 2 is 1.86 bits per heavy atom. The van der Waals surface area contributed by atoms with E-state index in [9.17, 15) is 8.42 Å². The molecule has 6 heteroatoms. The van der Waals surface area contributed by atoms with Gasteiger partial charge in [0.1, 0.15) is 21.3 Å². The van der Waals surface area contributed by atoms with Gasteiger partial charge < -0.3 is 14.8 Å². The lowest BCUT2D eigenvalue weighted by Gasteiger charge is -2.27. The summed E-state index contributed by atoms with van der Waals surface area (Å²) >= 11 is 0. The fraction of sp³-hybridized carbons (Fsp3) is 0.600. The summed E-state index contributed by atoms with van der Waals surface area (Å²) in [6.07, 6.45) is 1.34. The van der Waals surface area contributed by atoms with Crippen LogP contribution in [0.5, 0.6) is 11.5 Å². The van der Waals surface area contributed by atoms with Gasteiger partial charge in [0, 0.05) is 23.7 Å². The van der Waals surface area contributed by atoms with Crippen LogP contribution < -0.4 is 14.8 Å². The molecule has 1 N–H and O–H groups in total. The van der Waals surface area contributed by atoms with E-state index >= 15 is 0 Å². The fourth-order valence-electron chi connectivity index (χ4n) is 2.68. The summed E-state index contributed by atoms with van der Waals surface area (Å²) in [6, 6.07) is 6.07. The number of hydrogen-bond donors (Lipinski definition) is 1. The highest BCUT2D eigenvalue weighted by Crippen LogP contribution is 2.30. The van der Waals surface area contributed by atoms with Crippen molar-refractivity contribution in [2.45, 2.75) is 31.8 Å². The van der Waals surface area contributed by atoms with Gasteiger partial charge in [-0.15, -0.1) is 0 Å². The Bertz CT molecular complexity index is 571. The molecular weight excluding hydrogens is 290 g/mol. The maximum Gasteiger partial charge on any atom is 0.150 e. The molecule has 1 aliphatic heterocycles. The van der Waals surface area contributed by atoms with Crippen LogP contribution in [0, 0.1) is 0 Å². The second kappa shape index (κ2) is 6.66. The van der Waals surface area contributed by atoms with Crippen LogP contribution in [0.1, 0.15) is 31.4 Å². The second-order valence-electron chi connectivity index (χ2n) is 5.42. The standard InChI is InChI=1S/C15H23NO4S/c1-11(16-12-6-8-21(17,18)9-7-12)14-5-4-13(19-2)10-15(14)20-3/h4-5,10-12,16H,6-9H2,1-3H3. The highest BCUT2D eigenvalue weighted by molar-refractivity contribution is 7.91. The molecule has 21 heavy (non-hydrogen) atoms. The largest absolute Gasteiger partial charge is 0.497 e. The number of rotatable bonds is 5. The predicted octanol–water partition coefficient (Wildman–Crippen LogP) is 1.93. The van der Waals surface area contributed by atoms with E-state index in [0.29, 0.717) is 12.8 Å². The Kier molecular flexibility index (Phi) is 5.11. The van der Waals surface area contributed by atoms with E-state index in [1.54, 1.807) is 14.2 Å². The van der Waals surface area contributed by atoms with Crippen LogP contribution in [0.2, 0.25) is 0 Å². The molecular formula is C15H23NO4S. The summed E-state index contributed by atoms with van der Waals surface area (Å²) < 4.78 is 33.5. The van der Waals surface area contributed by atoms with Gasteiger partial charge >= 0.3 is 0 Å². The summed E-state index contributed by atoms with van der Waals surface area (Å²) in [6.45, 7) is 2.06. The summed E-state index contributed by atoms with van der Waals surface area (Å²) in [5.74, 6) is 2.08. The van der Waals surface area contributed by atoms with Gasteiger partial charge in [0.25, 0.3) is 0 Å². The van der Waals surface area contributed by atoms with Gasteiger partial charge in [-0.1, -0.05) is 6.07 Å². The smallest absolute Gasteiger partial charge is 0.150 e. The van der Waals surface area contributed by atoms with Gasteiger partial charge in [-0.2, -0.15) is 0 Å². The number of methoxy groups -OCH3 is 2. The topological polar surface area (TPSA) is 64.6 Å². The minimum atomic E-state index is -2.82. The highest BCUT2D eigenvalue weighted by Gasteiger charge is 2.25. The Labute approximate surface area is 126 Å². The lowest BCUT2D eigenvalue weighted by Crippen LogP contribution is -2.38. The molecule has 1 fully saturated rings. The predicted molar refractivity (Wildman–Crippen MR) is 82.8 cm³/mol. The molecule has 0 radical (unpaired) electrons. The Hall–Kier alpha value is -1.27. The van der Waals surface area contributed by atoms with Crippen molar-refractivity contribution >= 4 is 9.84 Å². The lowest BCUT2D eigenvalue weighted by atomic mass is 10.0. The van der Waals surface area contributed by atoms with Gasteiger partial charge in [0.15, 0.2) is 0 Å². The van der Waals surface area contributed by atoms with Crippen molar-refractivity contribution < 1.29 is 17.9 Å². The van der Waals surface area contributed by atoms with Gasteiger partial charge in [-0.3, -0.25) is 0 Å². The van der Waals surface area contributed by atoms with E-state index in [1.807, 2.05) is 18.2 Å². The fourth-order valence-corrected chi connectivity index (χ4v) is 4.17. The summed E-state index contributed by atoms with van der Waals surface area (Å²) in [7, 11) is 0.442. The van der Waals surface area contributed by atoms with Crippen LogP contribution in [-0.2, 0) is 9.84 Å². The average molecular weight is 313 g/mol. The number of nitrogens with one attached hydrogen (secondary N) is 1. The average Bonchev–Trinajstić information content (AvgIpc) is 2.48. The minimum absolute atomic E-state index is 0.0941. The summed E-state index contributed by atoms with van der Waals surface area (Å²) in [5, 5.41) is 3.50. The van der Waals surface area contributed by atoms with Crippen LogP contribution >= 0.6 is 0 Å². The van der Waals surface area contributed by atoms with Crippen LogP contribution in [-0.4, -0.2) is 40.2 Å². The Balaban J connectivity index is 2.05. The molecule has 1 aliphatic rings. The molecule has 0 aromatic heterocycles. The molecule has 0 bridgehead atoms. The molecule has 1 heterocycles. The number of hydrogen-bond acceptors (Lipinski definition) is 5. The highest BCUT2D eigenvalue weighted by atomic mass is 32.2. The molecule has 5 nitrogen and oxygen atoms in total. The molecule has 1 aromatic carbocycles. The van der Waals surface area contributed by atoms with E-state index in [1.165, 1.54) is 0 Å². The quantitative estimate of drug-likeness (QED) is 0.900. The van der Waals surface area contributed by atoms with Crippen molar-refractivity contribution in [2.75, 3.05) is 25.7 Å². The Morgan fingerprint density at radius 1 is 1.19 bits per heavy atom. The van der Waals surface area contributed by atoms with E-state index in [0.717, 1.165) is 17.1 Å². The molecule has 0 aliphatic carbocycles. The van der Waals surface area contributed by atoms with Crippen LogP contribution in [0.3, 0.4) is 0 Å². The first-order valence-electron chi connectivity index (χ1n) is 7.13. The maximum absolute atomic E-state index is 11.5. The van der Waals surface area contributed by atoms with Crippen molar-refractivity contribution in [3.63, 3.8) is 0 Å². The first kappa shape index (κ1) is 16.1. The summed E-state index contributed by atoms with van der Waals surface area (Å²) in [4.78, 5) is 0. The van der Waals surface area contributed by atoms with E-state index in [2.05, 4.69) is 12.2 Å². The molecule has 1 unspecified atom stereocenters. The van der Waals surface area contributed by atoms with Crippen molar-refractivity contribution in [3.05, 3.63) is 23.8 Å². The van der Waals surface area contributed by atoms with Crippen molar-refractivity contribution in [1.82, 2.24) is 5.32 Å². The molecule has 118 valence electrons. The third-order valence-electron chi connectivity index (χ3n) is 3.95. The van der Waals surface area contributed by atoms with E-state index < -0.39 is 9.84 Å². The molecule has 2 rings (SSSR count). The van der Waals surface area contributed by atoms with E-state index in [4.69, 9.17) is 9.47 Å². The molecule has 1 aromatic rings. The van der Waals surface area contributed by atoms with E-state index in [-0.39, 0.29) is 23.6 Å². The molecule has 0 spiro atoms. The van der Waals surface area contributed by atoms with Crippen LogP contribution in [0.4, 0.5) is 0 Å². The molecule has 1 atom stereocenters. The number of ether oxygens (including phenoxy) is 2. The monoisotopic (exact) mass is 313 g/mol.